The summed E-state index contributed by atoms with van der Waals surface area (Å²) in [6.07, 6.45) is 56.8. The molecule has 0 saturated carbocycles. The molecule has 1 unspecified atom stereocenters. The van der Waals surface area contributed by atoms with Crippen LogP contribution < -0.4 is 0 Å². The predicted molar refractivity (Wildman–Crippen MR) is 218 cm³/mol. The number of esters is 1. The molecule has 4 nitrogen and oxygen atoms in total. The number of hydrogen-bond acceptors (Lipinski definition) is 3. The second kappa shape index (κ2) is 41.1. The van der Waals surface area contributed by atoms with Crippen LogP contribution in [0.25, 0.3) is 0 Å². The molecular weight excluding hydrogens is 617 g/mol. The summed E-state index contributed by atoms with van der Waals surface area (Å²) in [4.78, 5) is 23.3. The van der Waals surface area contributed by atoms with Crippen LogP contribution in [0.15, 0.2) is 60.8 Å². The predicted octanol–water partition coefficient (Wildman–Crippen LogP) is 14.9. The Balaban J connectivity index is 4.12. The number of carboxylic acids is 1. The van der Waals surface area contributed by atoms with E-state index in [4.69, 9.17) is 9.84 Å². The fourth-order valence-corrected chi connectivity index (χ4v) is 6.15. The minimum Gasteiger partial charge on any atom is -0.481 e. The Labute approximate surface area is 310 Å². The van der Waals surface area contributed by atoms with Crippen LogP contribution in [0.2, 0.25) is 0 Å². The van der Waals surface area contributed by atoms with E-state index in [0.29, 0.717) is 12.8 Å². The SMILES string of the molecule is CC/C=C\C/C=C\C/C=C\C/C=C\C/C=C\CCCCCC(=O)OC(CCCCCCCCCCC)CCCCCCCCCCCC(=O)O. The van der Waals surface area contributed by atoms with Crippen molar-refractivity contribution >= 4 is 11.9 Å². The van der Waals surface area contributed by atoms with Crippen molar-refractivity contribution in [2.75, 3.05) is 0 Å². The minimum absolute atomic E-state index is 0.00343. The first-order valence-electron chi connectivity index (χ1n) is 21.3. The van der Waals surface area contributed by atoms with Crippen LogP contribution in [0.1, 0.15) is 213 Å². The molecule has 0 aliphatic rings. The van der Waals surface area contributed by atoms with Gasteiger partial charge in [0.25, 0.3) is 0 Å². The van der Waals surface area contributed by atoms with Crippen molar-refractivity contribution in [3.05, 3.63) is 60.8 Å². The Morgan fingerprint density at radius 1 is 0.460 bits per heavy atom. The van der Waals surface area contributed by atoms with E-state index < -0.39 is 5.97 Å². The third kappa shape index (κ3) is 40.1. The molecule has 0 aliphatic carbocycles. The molecule has 4 heteroatoms. The number of rotatable bonds is 38. The molecule has 0 amide bonds. The molecule has 50 heavy (non-hydrogen) atoms. The zero-order valence-electron chi connectivity index (χ0n) is 32.9. The number of hydrogen-bond donors (Lipinski definition) is 1. The molecule has 0 saturated heterocycles. The van der Waals surface area contributed by atoms with Gasteiger partial charge in [-0.2, -0.15) is 0 Å². The highest BCUT2D eigenvalue weighted by Gasteiger charge is 2.14. The zero-order valence-corrected chi connectivity index (χ0v) is 32.9. The summed E-state index contributed by atoms with van der Waals surface area (Å²) in [6, 6.07) is 0. The Hall–Kier alpha value is -2.36. The Morgan fingerprint density at radius 3 is 1.30 bits per heavy atom. The molecule has 0 aliphatic heterocycles. The molecule has 0 spiro atoms. The van der Waals surface area contributed by atoms with Crippen LogP contribution in [-0.4, -0.2) is 23.1 Å². The lowest BCUT2D eigenvalue weighted by Crippen LogP contribution is -2.18. The lowest BCUT2D eigenvalue weighted by molar-refractivity contribution is -0.150. The van der Waals surface area contributed by atoms with E-state index >= 15 is 0 Å². The van der Waals surface area contributed by atoms with Crippen LogP contribution in [0.4, 0.5) is 0 Å². The van der Waals surface area contributed by atoms with Crippen LogP contribution in [0.5, 0.6) is 0 Å². The summed E-state index contributed by atoms with van der Waals surface area (Å²) in [5.41, 5.74) is 0. The molecule has 0 rings (SSSR count). The monoisotopic (exact) mass is 697 g/mol. The van der Waals surface area contributed by atoms with Crippen molar-refractivity contribution < 1.29 is 19.4 Å². The van der Waals surface area contributed by atoms with Crippen molar-refractivity contribution in [2.45, 2.75) is 219 Å². The number of allylic oxidation sites excluding steroid dienone is 10. The van der Waals surface area contributed by atoms with E-state index in [2.05, 4.69) is 74.6 Å². The molecule has 0 aromatic heterocycles. The van der Waals surface area contributed by atoms with Crippen molar-refractivity contribution in [3.8, 4) is 0 Å². The van der Waals surface area contributed by atoms with Gasteiger partial charge in [-0.1, -0.05) is 177 Å². The summed E-state index contributed by atoms with van der Waals surface area (Å²) >= 11 is 0. The lowest BCUT2D eigenvalue weighted by atomic mass is 10.0. The molecule has 0 bridgehead atoms. The quantitative estimate of drug-likeness (QED) is 0.0396. The number of carboxylic acid groups (broad SMARTS) is 1. The Bertz CT molecular complexity index is 881. The minimum atomic E-state index is -0.681. The van der Waals surface area contributed by atoms with Crippen LogP contribution in [0, 0.1) is 0 Å². The van der Waals surface area contributed by atoms with Crippen LogP contribution >= 0.6 is 0 Å². The lowest BCUT2D eigenvalue weighted by Gasteiger charge is -2.18. The first-order valence-corrected chi connectivity index (χ1v) is 21.3. The smallest absolute Gasteiger partial charge is 0.306 e. The number of unbranched alkanes of at least 4 members (excludes halogenated alkanes) is 19. The van der Waals surface area contributed by atoms with Gasteiger partial charge in [-0.15, -0.1) is 0 Å². The average molecular weight is 697 g/mol. The summed E-state index contributed by atoms with van der Waals surface area (Å²) in [5.74, 6) is -0.677. The normalized spacial score (nSPS) is 12.8. The van der Waals surface area contributed by atoms with Gasteiger partial charge >= 0.3 is 11.9 Å². The maximum atomic E-state index is 12.7. The number of carbonyl (C=O) groups is 2. The van der Waals surface area contributed by atoms with Crippen molar-refractivity contribution in [1.82, 2.24) is 0 Å². The molecule has 0 aromatic rings. The molecule has 1 atom stereocenters. The molecule has 0 radical (unpaired) electrons. The summed E-state index contributed by atoms with van der Waals surface area (Å²) in [6.45, 7) is 4.43. The van der Waals surface area contributed by atoms with Crippen LogP contribution in [0.3, 0.4) is 0 Å². The van der Waals surface area contributed by atoms with Gasteiger partial charge in [0.2, 0.25) is 0 Å². The number of ether oxygens (including phenoxy) is 1. The van der Waals surface area contributed by atoms with Gasteiger partial charge in [0.15, 0.2) is 0 Å². The second-order valence-electron chi connectivity index (χ2n) is 14.2. The average Bonchev–Trinajstić information content (AvgIpc) is 3.10. The highest BCUT2D eigenvalue weighted by atomic mass is 16.5. The standard InChI is InChI=1S/C46H80O4/c1-3-5-7-9-11-13-14-15-16-17-18-19-20-21-22-27-31-35-39-43-46(49)50-44(40-36-32-28-24-12-10-8-6-4-2)41-37-33-29-25-23-26-30-34-38-42-45(47)48/h5,7,11,13,15-16,18-19,21-22,44H,3-4,6,8-10,12,14,17,20,23-43H2,1-2H3,(H,47,48)/b7-5-,13-11-,16-15-,19-18-,22-21-. The topological polar surface area (TPSA) is 63.6 Å². The molecule has 288 valence electrons. The number of aliphatic carboxylic acids is 1. The van der Waals surface area contributed by atoms with Gasteiger partial charge in [-0.05, 0) is 83.5 Å². The first kappa shape index (κ1) is 47.6. The molecule has 1 N–H and O–H groups in total. The van der Waals surface area contributed by atoms with Crippen molar-refractivity contribution in [3.63, 3.8) is 0 Å². The summed E-state index contributed by atoms with van der Waals surface area (Å²) < 4.78 is 6.05. The van der Waals surface area contributed by atoms with Gasteiger partial charge in [-0.25, -0.2) is 0 Å². The van der Waals surface area contributed by atoms with Crippen molar-refractivity contribution in [2.24, 2.45) is 0 Å². The van der Waals surface area contributed by atoms with Gasteiger partial charge in [0.1, 0.15) is 6.10 Å². The van der Waals surface area contributed by atoms with E-state index in [9.17, 15) is 9.59 Å². The van der Waals surface area contributed by atoms with Gasteiger partial charge in [-0.3, -0.25) is 9.59 Å². The number of carbonyl (C=O) groups excluding carboxylic acids is 1. The molecule has 0 heterocycles. The van der Waals surface area contributed by atoms with Crippen molar-refractivity contribution in [1.29, 1.82) is 0 Å². The third-order valence-electron chi connectivity index (χ3n) is 9.25. The second-order valence-corrected chi connectivity index (χ2v) is 14.2. The van der Waals surface area contributed by atoms with E-state index in [-0.39, 0.29) is 12.1 Å². The van der Waals surface area contributed by atoms with Gasteiger partial charge in [0.05, 0.1) is 0 Å². The Kier molecular flexibility index (Phi) is 39.1. The largest absolute Gasteiger partial charge is 0.481 e. The fraction of sp³-hybridized carbons (Fsp3) is 0.739. The zero-order chi connectivity index (χ0) is 36.4. The Morgan fingerprint density at radius 2 is 0.840 bits per heavy atom. The third-order valence-corrected chi connectivity index (χ3v) is 9.25. The first-order chi connectivity index (χ1) is 24.6. The highest BCUT2D eigenvalue weighted by molar-refractivity contribution is 5.69. The fourth-order valence-electron chi connectivity index (χ4n) is 6.15. The van der Waals surface area contributed by atoms with Gasteiger partial charge < -0.3 is 9.84 Å². The van der Waals surface area contributed by atoms with E-state index in [0.717, 1.165) is 96.3 Å². The van der Waals surface area contributed by atoms with E-state index in [1.807, 2.05) is 0 Å². The van der Waals surface area contributed by atoms with Crippen LogP contribution in [-0.2, 0) is 14.3 Å². The van der Waals surface area contributed by atoms with E-state index in [1.54, 1.807) is 0 Å². The molecule has 0 fully saturated rings. The van der Waals surface area contributed by atoms with E-state index in [1.165, 1.54) is 89.9 Å². The maximum Gasteiger partial charge on any atom is 0.306 e. The van der Waals surface area contributed by atoms with Gasteiger partial charge in [0, 0.05) is 12.8 Å². The highest BCUT2D eigenvalue weighted by Crippen LogP contribution is 2.19. The molecule has 0 aromatic carbocycles. The summed E-state index contributed by atoms with van der Waals surface area (Å²) in [7, 11) is 0. The maximum absolute atomic E-state index is 12.7. The summed E-state index contributed by atoms with van der Waals surface area (Å²) in [5, 5.41) is 8.74. The molecular formula is C46H80O4.